The zero-order chi connectivity index (χ0) is 18.0. The fourth-order valence-corrected chi connectivity index (χ4v) is 2.95. The Morgan fingerprint density at radius 1 is 1.24 bits per heavy atom. The standard InChI is InChI=1S/C16H21N5O4/c1-10-8-12(11(2)25-10)15(23)18-17-14(22)9-21-16(24)20-7-5-3-4-6-13(20)19-21/h8H,3-7,9H2,1-2H3,(H,17,22)(H,18,23). The molecule has 0 unspecified atom stereocenters. The minimum absolute atomic E-state index is 0.248. The lowest BCUT2D eigenvalue weighted by atomic mass is 10.2. The lowest BCUT2D eigenvalue weighted by Crippen LogP contribution is -2.44. The van der Waals surface area contributed by atoms with Crippen LogP contribution in [0.2, 0.25) is 0 Å². The molecule has 0 bridgehead atoms. The number of furan rings is 1. The summed E-state index contributed by atoms with van der Waals surface area (Å²) in [5, 5.41) is 4.23. The second-order valence-electron chi connectivity index (χ2n) is 6.15. The second kappa shape index (κ2) is 6.96. The largest absolute Gasteiger partial charge is 0.466 e. The number of amides is 2. The Kier molecular flexibility index (Phi) is 4.73. The molecule has 134 valence electrons. The molecule has 2 aromatic heterocycles. The molecule has 0 fully saturated rings. The number of hydrazine groups is 1. The van der Waals surface area contributed by atoms with Crippen LogP contribution in [-0.2, 0) is 24.3 Å². The smallest absolute Gasteiger partial charge is 0.346 e. The highest BCUT2D eigenvalue weighted by molar-refractivity contribution is 5.96. The van der Waals surface area contributed by atoms with Crippen LogP contribution in [0.15, 0.2) is 15.3 Å². The Balaban J connectivity index is 1.61. The number of hydrogen-bond donors (Lipinski definition) is 2. The molecule has 0 aliphatic carbocycles. The maximum atomic E-state index is 12.3. The van der Waals surface area contributed by atoms with Crippen LogP contribution in [0.1, 0.15) is 47.0 Å². The van der Waals surface area contributed by atoms with Crippen molar-refractivity contribution in [3.63, 3.8) is 0 Å². The van der Waals surface area contributed by atoms with Crippen molar-refractivity contribution in [3.8, 4) is 0 Å². The number of aryl methyl sites for hydroxylation is 3. The summed E-state index contributed by atoms with van der Waals surface area (Å²) < 4.78 is 8.03. The van der Waals surface area contributed by atoms with E-state index < -0.39 is 11.8 Å². The Bertz CT molecular complexity index is 860. The lowest BCUT2D eigenvalue weighted by Gasteiger charge is -2.06. The molecule has 25 heavy (non-hydrogen) atoms. The topological polar surface area (TPSA) is 111 Å². The Labute approximate surface area is 144 Å². The van der Waals surface area contributed by atoms with Gasteiger partial charge >= 0.3 is 5.69 Å². The molecule has 0 aromatic carbocycles. The van der Waals surface area contributed by atoms with Gasteiger partial charge in [0.1, 0.15) is 23.9 Å². The molecule has 1 aliphatic rings. The molecule has 2 aromatic rings. The van der Waals surface area contributed by atoms with Gasteiger partial charge in [0.05, 0.1) is 5.56 Å². The quantitative estimate of drug-likeness (QED) is 0.783. The molecule has 0 atom stereocenters. The van der Waals surface area contributed by atoms with Gasteiger partial charge in [-0.2, -0.15) is 5.10 Å². The number of carbonyl (C=O) groups is 2. The Morgan fingerprint density at radius 3 is 2.76 bits per heavy atom. The number of fused-ring (bicyclic) bond motifs is 1. The third-order valence-corrected chi connectivity index (χ3v) is 4.18. The second-order valence-corrected chi connectivity index (χ2v) is 6.15. The molecule has 9 heteroatoms. The van der Waals surface area contributed by atoms with Gasteiger partial charge in [-0.3, -0.25) is 25.0 Å². The number of nitrogens with one attached hydrogen (secondary N) is 2. The molecule has 3 heterocycles. The van der Waals surface area contributed by atoms with Crippen molar-refractivity contribution in [1.82, 2.24) is 25.2 Å². The SMILES string of the molecule is Cc1cc(C(=O)NNC(=O)Cn2nc3n(c2=O)CCCCC3)c(C)o1. The van der Waals surface area contributed by atoms with Crippen molar-refractivity contribution in [2.75, 3.05) is 0 Å². The van der Waals surface area contributed by atoms with Gasteiger partial charge in [0, 0.05) is 13.0 Å². The fourth-order valence-electron chi connectivity index (χ4n) is 2.95. The summed E-state index contributed by atoms with van der Waals surface area (Å²) in [6.45, 7) is 3.78. The van der Waals surface area contributed by atoms with Crippen LogP contribution >= 0.6 is 0 Å². The van der Waals surface area contributed by atoms with Gasteiger partial charge in [-0.1, -0.05) is 6.42 Å². The number of carbonyl (C=O) groups excluding carboxylic acids is 2. The lowest BCUT2D eigenvalue weighted by molar-refractivity contribution is -0.122. The van der Waals surface area contributed by atoms with E-state index >= 15 is 0 Å². The zero-order valence-electron chi connectivity index (χ0n) is 14.3. The molecule has 2 N–H and O–H groups in total. The van der Waals surface area contributed by atoms with Crippen LogP contribution < -0.4 is 16.5 Å². The first kappa shape index (κ1) is 17.0. The highest BCUT2D eigenvalue weighted by Crippen LogP contribution is 2.13. The third-order valence-electron chi connectivity index (χ3n) is 4.18. The molecular formula is C16H21N5O4. The maximum absolute atomic E-state index is 12.3. The van der Waals surface area contributed by atoms with Crippen LogP contribution in [0.4, 0.5) is 0 Å². The molecule has 3 rings (SSSR count). The molecule has 0 saturated heterocycles. The zero-order valence-corrected chi connectivity index (χ0v) is 14.3. The van der Waals surface area contributed by atoms with E-state index in [-0.39, 0.29) is 12.2 Å². The molecule has 1 aliphatic heterocycles. The number of nitrogens with zero attached hydrogens (tertiary/aromatic N) is 3. The van der Waals surface area contributed by atoms with E-state index in [1.807, 2.05) is 0 Å². The summed E-state index contributed by atoms with van der Waals surface area (Å²) in [6.07, 6.45) is 3.73. The van der Waals surface area contributed by atoms with E-state index in [1.54, 1.807) is 24.5 Å². The predicted molar refractivity (Wildman–Crippen MR) is 87.8 cm³/mol. The molecule has 0 radical (unpaired) electrons. The summed E-state index contributed by atoms with van der Waals surface area (Å²) >= 11 is 0. The number of aromatic nitrogens is 3. The summed E-state index contributed by atoms with van der Waals surface area (Å²) in [7, 11) is 0. The molecule has 0 spiro atoms. The molecular weight excluding hydrogens is 326 g/mol. The van der Waals surface area contributed by atoms with Crippen LogP contribution in [0.5, 0.6) is 0 Å². The highest BCUT2D eigenvalue weighted by Gasteiger charge is 2.18. The van der Waals surface area contributed by atoms with Gasteiger partial charge in [-0.05, 0) is 32.8 Å². The third kappa shape index (κ3) is 3.65. The van der Waals surface area contributed by atoms with E-state index in [0.29, 0.717) is 29.5 Å². The normalized spacial score (nSPS) is 13.8. The van der Waals surface area contributed by atoms with Crippen LogP contribution in [0.25, 0.3) is 0 Å². The van der Waals surface area contributed by atoms with Gasteiger partial charge in [0.25, 0.3) is 11.8 Å². The Morgan fingerprint density at radius 2 is 2.04 bits per heavy atom. The van der Waals surface area contributed by atoms with Crippen molar-refractivity contribution in [1.29, 1.82) is 0 Å². The average molecular weight is 347 g/mol. The van der Waals surface area contributed by atoms with Gasteiger partial charge in [-0.15, -0.1) is 0 Å². The first-order chi connectivity index (χ1) is 12.0. The monoisotopic (exact) mass is 347 g/mol. The van der Waals surface area contributed by atoms with Crippen LogP contribution in [-0.4, -0.2) is 26.2 Å². The van der Waals surface area contributed by atoms with Crippen molar-refractivity contribution < 1.29 is 14.0 Å². The molecule has 9 nitrogen and oxygen atoms in total. The van der Waals surface area contributed by atoms with E-state index in [4.69, 9.17) is 4.42 Å². The highest BCUT2D eigenvalue weighted by atomic mass is 16.3. The average Bonchev–Trinajstić information content (AvgIpc) is 2.94. The Hall–Kier alpha value is -2.84. The first-order valence-electron chi connectivity index (χ1n) is 8.28. The van der Waals surface area contributed by atoms with Crippen molar-refractivity contribution in [3.05, 3.63) is 39.5 Å². The van der Waals surface area contributed by atoms with Crippen LogP contribution in [0.3, 0.4) is 0 Å². The summed E-state index contributed by atoms with van der Waals surface area (Å²) in [6, 6.07) is 1.59. The number of hydrogen-bond acceptors (Lipinski definition) is 5. The number of rotatable bonds is 3. The predicted octanol–water partition coefficient (Wildman–Crippen LogP) is 0.442. The van der Waals surface area contributed by atoms with E-state index in [1.165, 1.54) is 0 Å². The fraction of sp³-hybridized carbons (Fsp3) is 0.500. The van der Waals surface area contributed by atoms with E-state index in [0.717, 1.165) is 30.4 Å². The molecule has 2 amide bonds. The maximum Gasteiger partial charge on any atom is 0.346 e. The first-order valence-corrected chi connectivity index (χ1v) is 8.28. The van der Waals surface area contributed by atoms with Gasteiger partial charge in [-0.25, -0.2) is 9.48 Å². The minimum atomic E-state index is -0.526. The van der Waals surface area contributed by atoms with Gasteiger partial charge in [0.2, 0.25) is 0 Å². The van der Waals surface area contributed by atoms with Gasteiger partial charge < -0.3 is 4.42 Å². The summed E-state index contributed by atoms with van der Waals surface area (Å²) in [5.74, 6) is 0.791. The van der Waals surface area contributed by atoms with Crippen molar-refractivity contribution in [2.45, 2.75) is 52.6 Å². The summed E-state index contributed by atoms with van der Waals surface area (Å²) in [4.78, 5) is 36.3. The van der Waals surface area contributed by atoms with Crippen LogP contribution in [0, 0.1) is 13.8 Å². The summed E-state index contributed by atoms with van der Waals surface area (Å²) in [5.41, 5.74) is 4.67. The van der Waals surface area contributed by atoms with Crippen molar-refractivity contribution >= 4 is 11.8 Å². The van der Waals surface area contributed by atoms with Gasteiger partial charge in [0.15, 0.2) is 0 Å². The van der Waals surface area contributed by atoms with E-state index in [9.17, 15) is 14.4 Å². The minimum Gasteiger partial charge on any atom is -0.466 e. The molecule has 0 saturated carbocycles. The van der Waals surface area contributed by atoms with E-state index in [2.05, 4.69) is 16.0 Å². The van der Waals surface area contributed by atoms with Crippen molar-refractivity contribution in [2.24, 2.45) is 0 Å².